The fraction of sp³-hybridized carbons (Fsp3) is 0.267. The highest BCUT2D eigenvalue weighted by Crippen LogP contribution is 2.22. The van der Waals surface area contributed by atoms with E-state index in [0.29, 0.717) is 10.8 Å². The van der Waals surface area contributed by atoms with Gasteiger partial charge in [0, 0.05) is 17.2 Å². The number of hydrogen-bond donors (Lipinski definition) is 2. The number of anilines is 1. The number of amides is 1. The summed E-state index contributed by atoms with van der Waals surface area (Å²) in [6.07, 6.45) is 1.87. The second-order valence-electron chi connectivity index (χ2n) is 4.46. The summed E-state index contributed by atoms with van der Waals surface area (Å²) in [5.41, 5.74) is 1.89. The molecule has 0 aliphatic carbocycles. The number of aryl methyl sites for hydroxylation is 1. The zero-order valence-corrected chi connectivity index (χ0v) is 12.5. The van der Waals surface area contributed by atoms with Gasteiger partial charge in [0.15, 0.2) is 0 Å². The highest BCUT2D eigenvalue weighted by molar-refractivity contribution is 7.16. The number of thiophene rings is 1. The quantitative estimate of drug-likeness (QED) is 0.858. The number of halogens is 1. The topological polar surface area (TPSA) is 49.3 Å². The molecule has 106 valence electrons. The van der Waals surface area contributed by atoms with Crippen molar-refractivity contribution in [1.82, 2.24) is 0 Å². The van der Waals surface area contributed by atoms with Crippen LogP contribution >= 0.6 is 22.9 Å². The first-order valence-corrected chi connectivity index (χ1v) is 7.60. The third-order valence-electron chi connectivity index (χ3n) is 2.80. The molecule has 0 saturated heterocycles. The summed E-state index contributed by atoms with van der Waals surface area (Å²) in [6.45, 7) is 0.176. The van der Waals surface area contributed by atoms with E-state index in [1.54, 1.807) is 6.07 Å². The highest BCUT2D eigenvalue weighted by Gasteiger charge is 2.06. The maximum Gasteiger partial charge on any atom is 0.229 e. The minimum atomic E-state index is -0.0529. The van der Waals surface area contributed by atoms with Crippen LogP contribution in [0, 0.1) is 0 Å². The molecule has 1 aromatic heterocycles. The molecule has 5 heteroatoms. The number of nitrogens with one attached hydrogen (secondary N) is 1. The summed E-state index contributed by atoms with van der Waals surface area (Å²) in [7, 11) is 0. The summed E-state index contributed by atoms with van der Waals surface area (Å²) >= 11 is 7.26. The van der Waals surface area contributed by atoms with Crippen molar-refractivity contribution in [2.24, 2.45) is 0 Å². The largest absolute Gasteiger partial charge is 0.396 e. The fourth-order valence-electron chi connectivity index (χ4n) is 1.90. The number of carbonyl (C=O) groups excluding carboxylic acids is 1. The van der Waals surface area contributed by atoms with E-state index in [2.05, 4.69) is 5.32 Å². The number of carbonyl (C=O) groups is 1. The van der Waals surface area contributed by atoms with Crippen LogP contribution in [0.25, 0.3) is 0 Å². The molecular formula is C15H16ClNO2S. The van der Waals surface area contributed by atoms with Gasteiger partial charge < -0.3 is 10.4 Å². The average molecular weight is 310 g/mol. The molecule has 1 amide bonds. The van der Waals surface area contributed by atoms with E-state index in [9.17, 15) is 4.79 Å². The Morgan fingerprint density at radius 2 is 2.15 bits per heavy atom. The van der Waals surface area contributed by atoms with Crippen LogP contribution in [0.5, 0.6) is 0 Å². The number of aliphatic hydroxyl groups excluding tert-OH is 1. The van der Waals surface area contributed by atoms with Crippen LogP contribution < -0.4 is 5.32 Å². The zero-order valence-electron chi connectivity index (χ0n) is 10.9. The maximum absolute atomic E-state index is 11.9. The van der Waals surface area contributed by atoms with Crippen LogP contribution in [0.1, 0.15) is 16.9 Å². The first-order chi connectivity index (χ1) is 9.67. The Bertz CT molecular complexity index is 583. The van der Waals surface area contributed by atoms with Crippen LogP contribution in [0.15, 0.2) is 36.4 Å². The molecule has 0 radical (unpaired) electrons. The van der Waals surface area contributed by atoms with E-state index >= 15 is 0 Å². The van der Waals surface area contributed by atoms with Crippen molar-refractivity contribution >= 4 is 34.5 Å². The third kappa shape index (κ3) is 4.63. The van der Waals surface area contributed by atoms with Gasteiger partial charge in [0.1, 0.15) is 0 Å². The predicted octanol–water partition coefficient (Wildman–Crippen LogP) is 3.51. The van der Waals surface area contributed by atoms with E-state index in [4.69, 9.17) is 16.7 Å². The van der Waals surface area contributed by atoms with Crippen LogP contribution in [-0.4, -0.2) is 17.6 Å². The van der Waals surface area contributed by atoms with Gasteiger partial charge in [-0.2, -0.15) is 0 Å². The van der Waals surface area contributed by atoms with Crippen molar-refractivity contribution in [3.8, 4) is 0 Å². The minimum Gasteiger partial charge on any atom is -0.396 e. The number of hydrogen-bond acceptors (Lipinski definition) is 3. The zero-order chi connectivity index (χ0) is 14.4. The highest BCUT2D eigenvalue weighted by atomic mass is 35.5. The monoisotopic (exact) mass is 309 g/mol. The Labute approximate surface area is 127 Å². The second kappa shape index (κ2) is 7.43. The Morgan fingerprint density at radius 1 is 1.30 bits per heavy atom. The van der Waals surface area contributed by atoms with Crippen molar-refractivity contribution in [3.05, 3.63) is 51.2 Å². The molecule has 0 spiro atoms. The van der Waals surface area contributed by atoms with Crippen molar-refractivity contribution in [3.63, 3.8) is 0 Å². The summed E-state index contributed by atoms with van der Waals surface area (Å²) in [6, 6.07) is 11.4. The normalized spacial score (nSPS) is 10.5. The van der Waals surface area contributed by atoms with Gasteiger partial charge in [-0.05, 0) is 42.7 Å². The molecule has 20 heavy (non-hydrogen) atoms. The Balaban J connectivity index is 1.93. The van der Waals surface area contributed by atoms with Crippen LogP contribution in [0.4, 0.5) is 5.69 Å². The molecule has 0 aliphatic heterocycles. The summed E-state index contributed by atoms with van der Waals surface area (Å²) in [4.78, 5) is 12.9. The predicted molar refractivity (Wildman–Crippen MR) is 83.5 cm³/mol. The van der Waals surface area contributed by atoms with Crippen molar-refractivity contribution in [2.45, 2.75) is 19.3 Å². The molecule has 2 aromatic rings. The molecule has 0 fully saturated rings. The third-order valence-corrected chi connectivity index (χ3v) is 4.03. The Hall–Kier alpha value is -1.36. The summed E-state index contributed by atoms with van der Waals surface area (Å²) in [5.74, 6) is -0.0529. The van der Waals surface area contributed by atoms with Gasteiger partial charge in [-0.15, -0.1) is 11.3 Å². The molecular weight excluding hydrogens is 294 g/mol. The Kier molecular flexibility index (Phi) is 5.59. The molecule has 0 unspecified atom stereocenters. The molecule has 2 rings (SSSR count). The molecule has 1 heterocycles. The second-order valence-corrected chi connectivity index (χ2v) is 6.26. The molecule has 1 aromatic carbocycles. The van der Waals surface area contributed by atoms with Crippen molar-refractivity contribution in [1.29, 1.82) is 0 Å². The van der Waals surface area contributed by atoms with E-state index in [0.717, 1.165) is 29.0 Å². The smallest absolute Gasteiger partial charge is 0.229 e. The standard InChI is InChI=1S/C15H16ClNO2S/c16-14-7-6-13(20-14)10-15(19)17-12-5-1-3-11(9-12)4-2-8-18/h1,3,5-7,9,18H,2,4,8,10H2,(H,17,19). The lowest BCUT2D eigenvalue weighted by Gasteiger charge is -2.06. The molecule has 0 aliphatic rings. The van der Waals surface area contributed by atoms with E-state index in [1.165, 1.54) is 11.3 Å². The average Bonchev–Trinajstić information content (AvgIpc) is 2.82. The van der Waals surface area contributed by atoms with Gasteiger partial charge in [0.2, 0.25) is 5.91 Å². The molecule has 0 saturated carbocycles. The van der Waals surface area contributed by atoms with Crippen LogP contribution in [-0.2, 0) is 17.6 Å². The Morgan fingerprint density at radius 3 is 2.85 bits per heavy atom. The van der Waals surface area contributed by atoms with Gasteiger partial charge in [0.05, 0.1) is 10.8 Å². The van der Waals surface area contributed by atoms with Gasteiger partial charge in [-0.3, -0.25) is 4.79 Å². The lowest BCUT2D eigenvalue weighted by Crippen LogP contribution is -2.13. The van der Waals surface area contributed by atoms with E-state index in [1.807, 2.05) is 30.3 Å². The number of aliphatic hydroxyl groups is 1. The van der Waals surface area contributed by atoms with E-state index in [-0.39, 0.29) is 12.5 Å². The van der Waals surface area contributed by atoms with E-state index < -0.39 is 0 Å². The molecule has 0 bridgehead atoms. The SMILES string of the molecule is O=C(Cc1ccc(Cl)s1)Nc1cccc(CCCO)c1. The number of rotatable bonds is 6. The first-order valence-electron chi connectivity index (χ1n) is 6.41. The maximum atomic E-state index is 11.9. The van der Waals surface area contributed by atoms with Crippen molar-refractivity contribution in [2.75, 3.05) is 11.9 Å². The summed E-state index contributed by atoms with van der Waals surface area (Å²) in [5, 5.41) is 11.7. The van der Waals surface area contributed by atoms with Crippen molar-refractivity contribution < 1.29 is 9.90 Å². The van der Waals surface area contributed by atoms with Gasteiger partial charge in [-0.25, -0.2) is 0 Å². The molecule has 0 atom stereocenters. The summed E-state index contributed by atoms with van der Waals surface area (Å²) < 4.78 is 0.693. The minimum absolute atomic E-state index is 0.0529. The van der Waals surface area contributed by atoms with Gasteiger partial charge in [-0.1, -0.05) is 23.7 Å². The van der Waals surface area contributed by atoms with Gasteiger partial charge >= 0.3 is 0 Å². The lowest BCUT2D eigenvalue weighted by molar-refractivity contribution is -0.115. The number of benzene rings is 1. The first kappa shape index (κ1) is 15.0. The van der Waals surface area contributed by atoms with Gasteiger partial charge in [0.25, 0.3) is 0 Å². The van der Waals surface area contributed by atoms with Crippen LogP contribution in [0.3, 0.4) is 0 Å². The van der Waals surface area contributed by atoms with Crippen LogP contribution in [0.2, 0.25) is 4.34 Å². The fourth-order valence-corrected chi connectivity index (χ4v) is 2.98. The molecule has 3 nitrogen and oxygen atoms in total. The molecule has 2 N–H and O–H groups in total. The lowest BCUT2D eigenvalue weighted by atomic mass is 10.1.